The predicted octanol–water partition coefficient (Wildman–Crippen LogP) is 2.26. The van der Waals surface area contributed by atoms with Crippen LogP contribution in [0.4, 0.5) is 10.8 Å². The second-order valence-electron chi connectivity index (χ2n) is 4.72. The molecule has 0 saturated heterocycles. The van der Waals surface area contributed by atoms with E-state index in [2.05, 4.69) is 15.0 Å². The van der Waals surface area contributed by atoms with Crippen molar-refractivity contribution in [2.24, 2.45) is 5.92 Å². The van der Waals surface area contributed by atoms with Gasteiger partial charge in [-0.15, -0.1) is 0 Å². The molecule has 0 aliphatic heterocycles. The van der Waals surface area contributed by atoms with Crippen LogP contribution in [0.5, 0.6) is 0 Å². The van der Waals surface area contributed by atoms with Crippen LogP contribution in [0.1, 0.15) is 13.8 Å². The summed E-state index contributed by atoms with van der Waals surface area (Å²) in [4.78, 5) is 15.9. The van der Waals surface area contributed by atoms with Gasteiger partial charge in [-0.25, -0.2) is 13.4 Å². The molecule has 0 spiro atoms. The van der Waals surface area contributed by atoms with E-state index in [0.29, 0.717) is 16.3 Å². The number of fused-ring (bicyclic) bond motifs is 1. The Morgan fingerprint density at radius 3 is 2.65 bits per heavy atom. The number of thiazole rings is 1. The summed E-state index contributed by atoms with van der Waals surface area (Å²) >= 11 is 1.35. The second-order valence-corrected chi connectivity index (χ2v) is 7.50. The van der Waals surface area contributed by atoms with Gasteiger partial charge >= 0.3 is 0 Å². The van der Waals surface area contributed by atoms with Crippen molar-refractivity contribution in [2.75, 3.05) is 16.3 Å². The third kappa shape index (κ3) is 3.67. The maximum Gasteiger partial charge on any atom is 0.229 e. The molecule has 0 radical (unpaired) electrons. The normalized spacial score (nSPS) is 11.8. The highest BCUT2D eigenvalue weighted by atomic mass is 32.2. The average Bonchev–Trinajstić information content (AvgIpc) is 2.68. The fourth-order valence-corrected chi connectivity index (χ4v) is 2.91. The van der Waals surface area contributed by atoms with Gasteiger partial charge in [0.15, 0.2) is 5.13 Å². The number of rotatable bonds is 4. The Bertz CT molecular complexity index is 750. The number of amides is 1. The van der Waals surface area contributed by atoms with Crippen LogP contribution < -0.4 is 10.0 Å². The number of anilines is 2. The molecule has 2 rings (SSSR count). The van der Waals surface area contributed by atoms with Gasteiger partial charge < -0.3 is 5.32 Å². The molecule has 1 aromatic heterocycles. The zero-order chi connectivity index (χ0) is 14.9. The predicted molar refractivity (Wildman–Crippen MR) is 81.6 cm³/mol. The van der Waals surface area contributed by atoms with Gasteiger partial charge in [0.2, 0.25) is 15.9 Å². The summed E-state index contributed by atoms with van der Waals surface area (Å²) in [5.74, 6) is -0.219. The van der Waals surface area contributed by atoms with E-state index in [9.17, 15) is 13.2 Å². The Labute approximate surface area is 121 Å². The van der Waals surface area contributed by atoms with Gasteiger partial charge in [0.05, 0.1) is 22.2 Å². The van der Waals surface area contributed by atoms with Crippen molar-refractivity contribution in [2.45, 2.75) is 13.8 Å². The van der Waals surface area contributed by atoms with Gasteiger partial charge in [0.25, 0.3) is 0 Å². The number of nitrogens with zero attached hydrogens (tertiary/aromatic N) is 1. The molecule has 1 amide bonds. The van der Waals surface area contributed by atoms with Crippen LogP contribution in [-0.2, 0) is 14.8 Å². The first-order chi connectivity index (χ1) is 9.24. The SMILES string of the molecule is CC(C)C(=O)Nc1nc2cc(NS(C)(=O)=O)ccc2s1. The number of aromatic nitrogens is 1. The summed E-state index contributed by atoms with van der Waals surface area (Å²) in [6.07, 6.45) is 1.09. The van der Waals surface area contributed by atoms with E-state index in [-0.39, 0.29) is 11.8 Å². The zero-order valence-electron chi connectivity index (χ0n) is 11.3. The summed E-state index contributed by atoms with van der Waals surface area (Å²) in [5, 5.41) is 3.24. The molecule has 0 unspecified atom stereocenters. The molecule has 0 bridgehead atoms. The van der Waals surface area contributed by atoms with Crippen LogP contribution in [0.3, 0.4) is 0 Å². The van der Waals surface area contributed by atoms with Crippen LogP contribution in [0.15, 0.2) is 18.2 Å². The maximum absolute atomic E-state index is 11.6. The molecule has 8 heteroatoms. The van der Waals surface area contributed by atoms with E-state index in [4.69, 9.17) is 0 Å². The number of nitrogens with one attached hydrogen (secondary N) is 2. The molecular weight excluding hydrogens is 298 g/mol. The first kappa shape index (κ1) is 14.7. The maximum atomic E-state index is 11.6. The lowest BCUT2D eigenvalue weighted by molar-refractivity contribution is -0.118. The van der Waals surface area contributed by atoms with Crippen LogP contribution in [0.25, 0.3) is 10.2 Å². The smallest absolute Gasteiger partial charge is 0.229 e. The Balaban J connectivity index is 2.28. The van der Waals surface area contributed by atoms with Crippen molar-refractivity contribution >= 4 is 48.3 Å². The Kier molecular flexibility index (Phi) is 3.96. The Morgan fingerprint density at radius 2 is 2.05 bits per heavy atom. The number of sulfonamides is 1. The van der Waals surface area contributed by atoms with Crippen molar-refractivity contribution in [3.63, 3.8) is 0 Å². The molecule has 0 atom stereocenters. The monoisotopic (exact) mass is 313 g/mol. The molecule has 1 heterocycles. The number of benzene rings is 1. The highest BCUT2D eigenvalue weighted by molar-refractivity contribution is 7.92. The van der Waals surface area contributed by atoms with E-state index < -0.39 is 10.0 Å². The summed E-state index contributed by atoms with van der Waals surface area (Å²) < 4.78 is 25.6. The van der Waals surface area contributed by atoms with Gasteiger partial charge in [-0.3, -0.25) is 9.52 Å². The third-order valence-corrected chi connectivity index (χ3v) is 4.00. The fraction of sp³-hybridized carbons (Fsp3) is 0.333. The lowest BCUT2D eigenvalue weighted by Crippen LogP contribution is -2.17. The third-order valence-electron chi connectivity index (χ3n) is 2.45. The molecule has 0 saturated carbocycles. The standard InChI is InChI=1S/C12H15N3O3S2/c1-7(2)11(16)14-12-13-9-6-8(15-20(3,17)18)4-5-10(9)19-12/h4-7,15H,1-3H3,(H,13,14,16). The van der Waals surface area contributed by atoms with Crippen LogP contribution >= 0.6 is 11.3 Å². The molecular formula is C12H15N3O3S2. The Morgan fingerprint density at radius 1 is 1.35 bits per heavy atom. The van der Waals surface area contributed by atoms with Crippen LogP contribution in [-0.4, -0.2) is 25.6 Å². The fourth-order valence-electron chi connectivity index (χ4n) is 1.51. The zero-order valence-corrected chi connectivity index (χ0v) is 12.9. The van der Waals surface area contributed by atoms with E-state index in [1.807, 2.05) is 0 Å². The van der Waals surface area contributed by atoms with Gasteiger partial charge in [0.1, 0.15) is 0 Å². The molecule has 2 N–H and O–H groups in total. The van der Waals surface area contributed by atoms with Gasteiger partial charge in [-0.1, -0.05) is 25.2 Å². The topological polar surface area (TPSA) is 88.2 Å². The Hall–Kier alpha value is -1.67. The summed E-state index contributed by atoms with van der Waals surface area (Å²) in [6.45, 7) is 3.60. The number of carbonyl (C=O) groups excluding carboxylic acids is 1. The van der Waals surface area contributed by atoms with E-state index in [0.717, 1.165) is 11.0 Å². The molecule has 0 aliphatic rings. The van der Waals surface area contributed by atoms with Crippen LogP contribution in [0.2, 0.25) is 0 Å². The summed E-state index contributed by atoms with van der Waals surface area (Å²) in [5.41, 5.74) is 1.09. The summed E-state index contributed by atoms with van der Waals surface area (Å²) in [6, 6.07) is 5.07. The highest BCUT2D eigenvalue weighted by Crippen LogP contribution is 2.28. The average molecular weight is 313 g/mol. The molecule has 20 heavy (non-hydrogen) atoms. The van der Waals surface area contributed by atoms with Crippen molar-refractivity contribution in [3.8, 4) is 0 Å². The minimum Gasteiger partial charge on any atom is -0.302 e. The van der Waals surface area contributed by atoms with Crippen molar-refractivity contribution in [1.82, 2.24) is 4.98 Å². The minimum atomic E-state index is -3.31. The quantitative estimate of drug-likeness (QED) is 0.906. The van der Waals surface area contributed by atoms with Crippen molar-refractivity contribution in [1.29, 1.82) is 0 Å². The van der Waals surface area contributed by atoms with E-state index in [1.165, 1.54) is 11.3 Å². The first-order valence-electron chi connectivity index (χ1n) is 5.94. The van der Waals surface area contributed by atoms with E-state index in [1.54, 1.807) is 32.0 Å². The second kappa shape index (κ2) is 5.37. The molecule has 2 aromatic rings. The number of hydrogen-bond donors (Lipinski definition) is 2. The van der Waals surface area contributed by atoms with Crippen molar-refractivity contribution in [3.05, 3.63) is 18.2 Å². The first-order valence-corrected chi connectivity index (χ1v) is 8.64. The number of hydrogen-bond acceptors (Lipinski definition) is 5. The van der Waals surface area contributed by atoms with Gasteiger partial charge in [-0.05, 0) is 18.2 Å². The molecule has 0 fully saturated rings. The summed E-state index contributed by atoms with van der Waals surface area (Å²) in [7, 11) is -3.31. The van der Waals surface area contributed by atoms with Gasteiger partial charge in [-0.2, -0.15) is 0 Å². The number of carbonyl (C=O) groups is 1. The highest BCUT2D eigenvalue weighted by Gasteiger charge is 2.11. The van der Waals surface area contributed by atoms with Crippen LogP contribution in [0, 0.1) is 5.92 Å². The van der Waals surface area contributed by atoms with Gasteiger partial charge in [0, 0.05) is 5.92 Å². The van der Waals surface area contributed by atoms with Crippen molar-refractivity contribution < 1.29 is 13.2 Å². The molecule has 108 valence electrons. The van der Waals surface area contributed by atoms with E-state index >= 15 is 0 Å². The largest absolute Gasteiger partial charge is 0.302 e. The molecule has 0 aliphatic carbocycles. The lowest BCUT2D eigenvalue weighted by Gasteiger charge is -2.02. The minimum absolute atomic E-state index is 0.0986. The molecule has 6 nitrogen and oxygen atoms in total. The molecule has 1 aromatic carbocycles. The lowest BCUT2D eigenvalue weighted by atomic mass is 10.2.